The van der Waals surface area contributed by atoms with Crippen LogP contribution in [0.1, 0.15) is 43.5 Å². The van der Waals surface area contributed by atoms with Gasteiger partial charge in [0.1, 0.15) is 0 Å². The fourth-order valence-electron chi connectivity index (χ4n) is 2.78. The highest BCUT2D eigenvalue weighted by molar-refractivity contribution is 6.33. The van der Waals surface area contributed by atoms with Crippen LogP contribution in [0.4, 0.5) is 0 Å². The Kier molecular flexibility index (Phi) is 5.84. The van der Waals surface area contributed by atoms with Gasteiger partial charge in [-0.1, -0.05) is 30.7 Å². The number of hydrogen-bond acceptors (Lipinski definition) is 3. The van der Waals surface area contributed by atoms with E-state index in [0.717, 1.165) is 19.3 Å². The van der Waals surface area contributed by atoms with Gasteiger partial charge in [-0.05, 0) is 38.3 Å². The van der Waals surface area contributed by atoms with Crippen LogP contribution in [0.5, 0.6) is 0 Å². The molecule has 0 bridgehead atoms. The highest BCUT2D eigenvalue weighted by atomic mass is 35.5. The number of piperidine rings is 1. The lowest BCUT2D eigenvalue weighted by molar-refractivity contribution is 0.0678. The third-order valence-electron chi connectivity index (χ3n) is 4.57. The maximum absolute atomic E-state index is 12.5. The van der Waals surface area contributed by atoms with Gasteiger partial charge in [0.25, 0.3) is 5.91 Å². The first kappa shape index (κ1) is 17.3. The average molecular weight is 325 g/mol. The number of likely N-dealkylation sites (tertiary alicyclic amines) is 1. The molecule has 4 nitrogen and oxygen atoms in total. The topological polar surface area (TPSA) is 52.6 Å². The highest BCUT2D eigenvalue weighted by Gasteiger charge is 2.29. The molecule has 0 radical (unpaired) electrons. The Balaban J connectivity index is 1.92. The molecule has 1 amide bonds. The molecule has 1 fully saturated rings. The minimum atomic E-state index is -0.237. The highest BCUT2D eigenvalue weighted by Crippen LogP contribution is 2.21. The molecule has 1 heterocycles. The number of benzene rings is 1. The molecule has 1 saturated heterocycles. The molecule has 22 heavy (non-hydrogen) atoms. The fourth-order valence-corrected chi connectivity index (χ4v) is 3.00. The Morgan fingerprint density at radius 2 is 2.05 bits per heavy atom. The Hall–Kier alpha value is -1.10. The lowest BCUT2D eigenvalue weighted by atomic mass is 9.95. The maximum Gasteiger partial charge on any atom is 0.255 e. The first-order valence-electron chi connectivity index (χ1n) is 7.91. The second-order valence-electron chi connectivity index (χ2n) is 6.26. The van der Waals surface area contributed by atoms with Crippen LogP contribution in [-0.4, -0.2) is 47.2 Å². The Bertz CT molecular complexity index is 509. The number of carbonyl (C=O) groups is 1. The third kappa shape index (κ3) is 4.00. The largest absolute Gasteiger partial charge is 0.394 e. The first-order valence-corrected chi connectivity index (χ1v) is 8.29. The Morgan fingerprint density at radius 3 is 2.59 bits per heavy atom. The van der Waals surface area contributed by atoms with E-state index in [1.807, 2.05) is 24.0 Å². The number of aliphatic hydroxyl groups excluding tert-OH is 1. The van der Waals surface area contributed by atoms with Crippen molar-refractivity contribution < 1.29 is 9.90 Å². The zero-order valence-electron chi connectivity index (χ0n) is 13.3. The number of carbonyl (C=O) groups excluding carboxylic acids is 1. The standard InChI is InChI=1S/C17H25ClN2O2/c1-3-17(2,12-21)19-13-8-10-20(11-9-13)16(22)14-6-4-5-7-15(14)18/h4-7,13,19,21H,3,8-12H2,1-2H3. The summed E-state index contributed by atoms with van der Waals surface area (Å²) < 4.78 is 0. The molecule has 5 heteroatoms. The molecule has 0 spiro atoms. The van der Waals surface area contributed by atoms with Gasteiger partial charge in [-0.3, -0.25) is 4.79 Å². The SMILES string of the molecule is CCC(C)(CO)NC1CCN(C(=O)c2ccccc2Cl)CC1. The lowest BCUT2D eigenvalue weighted by Gasteiger charge is -2.38. The van der Waals surface area contributed by atoms with Crippen molar-refractivity contribution in [3.8, 4) is 0 Å². The van der Waals surface area contributed by atoms with Crippen LogP contribution in [0.15, 0.2) is 24.3 Å². The van der Waals surface area contributed by atoms with E-state index < -0.39 is 0 Å². The van der Waals surface area contributed by atoms with Crippen molar-refractivity contribution in [1.82, 2.24) is 10.2 Å². The summed E-state index contributed by atoms with van der Waals surface area (Å²) in [5.74, 6) is 0.00413. The van der Waals surface area contributed by atoms with Crippen LogP contribution in [0.2, 0.25) is 5.02 Å². The number of halogens is 1. The molecule has 1 atom stereocenters. The van der Waals surface area contributed by atoms with Gasteiger partial charge in [0, 0.05) is 24.7 Å². The molecule has 122 valence electrons. The summed E-state index contributed by atoms with van der Waals surface area (Å²) >= 11 is 6.10. The van der Waals surface area contributed by atoms with Gasteiger partial charge in [-0.2, -0.15) is 0 Å². The maximum atomic E-state index is 12.5. The van der Waals surface area contributed by atoms with Crippen molar-refractivity contribution in [2.75, 3.05) is 19.7 Å². The van der Waals surface area contributed by atoms with Crippen molar-refractivity contribution in [2.45, 2.75) is 44.7 Å². The van der Waals surface area contributed by atoms with Crippen molar-refractivity contribution in [3.05, 3.63) is 34.9 Å². The summed E-state index contributed by atoms with van der Waals surface area (Å²) in [5, 5.41) is 13.5. The average Bonchev–Trinajstić information content (AvgIpc) is 2.55. The number of rotatable bonds is 5. The van der Waals surface area contributed by atoms with Gasteiger partial charge in [0.2, 0.25) is 0 Å². The van der Waals surface area contributed by atoms with Gasteiger partial charge in [0.15, 0.2) is 0 Å². The molecule has 1 aliphatic rings. The van der Waals surface area contributed by atoms with Crippen LogP contribution >= 0.6 is 11.6 Å². The smallest absolute Gasteiger partial charge is 0.255 e. The summed E-state index contributed by atoms with van der Waals surface area (Å²) in [5.41, 5.74) is 0.337. The summed E-state index contributed by atoms with van der Waals surface area (Å²) in [6, 6.07) is 7.52. The number of hydrogen-bond donors (Lipinski definition) is 2. The van der Waals surface area contributed by atoms with Crippen LogP contribution in [0.25, 0.3) is 0 Å². The van der Waals surface area contributed by atoms with E-state index in [2.05, 4.69) is 12.2 Å². The van der Waals surface area contributed by atoms with E-state index >= 15 is 0 Å². The zero-order chi connectivity index (χ0) is 16.2. The Morgan fingerprint density at radius 1 is 1.41 bits per heavy atom. The van der Waals surface area contributed by atoms with E-state index in [-0.39, 0.29) is 18.1 Å². The predicted octanol–water partition coefficient (Wildman–Crippen LogP) is 2.70. The molecule has 1 unspecified atom stereocenters. The molecule has 2 N–H and O–H groups in total. The van der Waals surface area contributed by atoms with Gasteiger partial charge in [-0.15, -0.1) is 0 Å². The van der Waals surface area contributed by atoms with E-state index in [1.54, 1.807) is 12.1 Å². The van der Waals surface area contributed by atoms with Gasteiger partial charge >= 0.3 is 0 Å². The third-order valence-corrected chi connectivity index (χ3v) is 4.90. The van der Waals surface area contributed by atoms with Crippen LogP contribution < -0.4 is 5.32 Å². The van der Waals surface area contributed by atoms with Crippen LogP contribution in [0.3, 0.4) is 0 Å². The molecule has 0 aromatic heterocycles. The van der Waals surface area contributed by atoms with Gasteiger partial charge < -0.3 is 15.3 Å². The van der Waals surface area contributed by atoms with Crippen LogP contribution in [-0.2, 0) is 0 Å². The summed E-state index contributed by atoms with van der Waals surface area (Å²) in [4.78, 5) is 14.4. The summed E-state index contributed by atoms with van der Waals surface area (Å²) in [6.45, 7) is 5.66. The molecule has 0 aliphatic carbocycles. The second kappa shape index (κ2) is 7.44. The molecule has 2 rings (SSSR count). The molecule has 0 saturated carbocycles. The van der Waals surface area contributed by atoms with Crippen molar-refractivity contribution in [3.63, 3.8) is 0 Å². The van der Waals surface area contributed by atoms with Crippen molar-refractivity contribution in [2.24, 2.45) is 0 Å². The van der Waals surface area contributed by atoms with E-state index in [0.29, 0.717) is 29.7 Å². The molecular formula is C17H25ClN2O2. The Labute approximate surface area is 137 Å². The van der Waals surface area contributed by atoms with Crippen molar-refractivity contribution >= 4 is 17.5 Å². The van der Waals surface area contributed by atoms with Gasteiger partial charge in [-0.25, -0.2) is 0 Å². The first-order chi connectivity index (χ1) is 10.5. The quantitative estimate of drug-likeness (QED) is 0.875. The molecular weight excluding hydrogens is 300 g/mol. The van der Waals surface area contributed by atoms with E-state index in [1.165, 1.54) is 0 Å². The van der Waals surface area contributed by atoms with Gasteiger partial charge in [0.05, 0.1) is 17.2 Å². The number of nitrogens with one attached hydrogen (secondary N) is 1. The predicted molar refractivity (Wildman–Crippen MR) is 89.3 cm³/mol. The molecule has 1 aromatic rings. The normalized spacial score (nSPS) is 19.0. The number of nitrogens with zero attached hydrogens (tertiary/aromatic N) is 1. The van der Waals surface area contributed by atoms with E-state index in [9.17, 15) is 9.90 Å². The van der Waals surface area contributed by atoms with Crippen molar-refractivity contribution in [1.29, 1.82) is 0 Å². The van der Waals surface area contributed by atoms with E-state index in [4.69, 9.17) is 11.6 Å². The second-order valence-corrected chi connectivity index (χ2v) is 6.67. The monoisotopic (exact) mass is 324 g/mol. The zero-order valence-corrected chi connectivity index (χ0v) is 14.1. The fraction of sp³-hybridized carbons (Fsp3) is 0.588. The summed E-state index contributed by atoms with van der Waals surface area (Å²) in [7, 11) is 0. The minimum absolute atomic E-state index is 0.00413. The summed E-state index contributed by atoms with van der Waals surface area (Å²) in [6.07, 6.45) is 2.67. The lowest BCUT2D eigenvalue weighted by Crippen LogP contribution is -2.54. The van der Waals surface area contributed by atoms with Crippen LogP contribution in [0, 0.1) is 0 Å². The molecule has 1 aliphatic heterocycles. The number of aliphatic hydroxyl groups is 1. The number of amides is 1. The molecule has 1 aromatic carbocycles. The minimum Gasteiger partial charge on any atom is -0.394 e.